The predicted molar refractivity (Wildman–Crippen MR) is 110 cm³/mol. The van der Waals surface area contributed by atoms with Crippen LogP contribution in [0, 0.1) is 6.92 Å². The van der Waals surface area contributed by atoms with Crippen molar-refractivity contribution >= 4 is 17.4 Å². The zero-order chi connectivity index (χ0) is 22.5. The van der Waals surface area contributed by atoms with Crippen LogP contribution >= 0.6 is 0 Å². The monoisotopic (exact) mass is 444 g/mol. The Morgan fingerprint density at radius 3 is 2.75 bits per heavy atom. The van der Waals surface area contributed by atoms with Crippen LogP contribution in [0.2, 0.25) is 0 Å². The Kier molecular flexibility index (Phi) is 4.72. The van der Waals surface area contributed by atoms with Gasteiger partial charge in [-0.1, -0.05) is 18.2 Å². The smallest absolute Gasteiger partial charge is 0.410 e. The minimum Gasteiger partial charge on any atom is -0.454 e. The van der Waals surface area contributed by atoms with E-state index in [4.69, 9.17) is 9.47 Å². The summed E-state index contributed by atoms with van der Waals surface area (Å²) in [6.45, 7) is 1.95. The number of ether oxygens (including phenoxy) is 2. The van der Waals surface area contributed by atoms with Crippen molar-refractivity contribution in [1.82, 2.24) is 9.78 Å². The Morgan fingerprint density at radius 1 is 1.16 bits per heavy atom. The van der Waals surface area contributed by atoms with E-state index >= 15 is 0 Å². The molecule has 2 aliphatic heterocycles. The molecule has 0 saturated carbocycles. The molecule has 3 aromatic rings. The highest BCUT2D eigenvalue weighted by Gasteiger charge is 2.47. The molecule has 1 amide bonds. The molecule has 0 fully saturated rings. The normalized spacial score (nSPS) is 19.2. The molecule has 0 saturated heterocycles. The lowest BCUT2D eigenvalue weighted by molar-refractivity contribution is -0.173. The molecule has 3 heterocycles. The van der Waals surface area contributed by atoms with Crippen LogP contribution in [0.15, 0.2) is 48.5 Å². The third kappa shape index (κ3) is 3.72. The SMILES string of the molecule is Cc1cccc(NC(=O)c2cc3n(n2)[C@@H](C(F)(F)F)C[C@H](c2ccc4c(c2)OCO4)N3)c1. The highest BCUT2D eigenvalue weighted by molar-refractivity contribution is 6.03. The molecule has 0 bridgehead atoms. The standard InChI is InChI=1S/C22H19F3N4O3/c1-12-3-2-4-14(7-12)26-21(30)16-10-20-27-15(9-19(22(23,24)25)29(20)28-16)13-5-6-17-18(8-13)32-11-31-17/h2-8,10,15,19,27H,9,11H2,1H3,(H,26,30)/t15-,19-/m1/s1. The van der Waals surface area contributed by atoms with Gasteiger partial charge in [-0.05, 0) is 42.3 Å². The van der Waals surface area contributed by atoms with Crippen molar-refractivity contribution in [1.29, 1.82) is 0 Å². The first-order valence-corrected chi connectivity index (χ1v) is 9.98. The van der Waals surface area contributed by atoms with Gasteiger partial charge in [-0.2, -0.15) is 18.3 Å². The summed E-state index contributed by atoms with van der Waals surface area (Å²) in [6.07, 6.45) is -4.82. The summed E-state index contributed by atoms with van der Waals surface area (Å²) in [5.74, 6) is 0.581. The van der Waals surface area contributed by atoms with Crippen molar-refractivity contribution in [2.75, 3.05) is 17.4 Å². The van der Waals surface area contributed by atoms with Gasteiger partial charge in [0.15, 0.2) is 23.2 Å². The number of amides is 1. The van der Waals surface area contributed by atoms with E-state index in [0.717, 1.165) is 10.2 Å². The van der Waals surface area contributed by atoms with Gasteiger partial charge in [-0.3, -0.25) is 4.79 Å². The molecular weight excluding hydrogens is 425 g/mol. The molecule has 166 valence electrons. The van der Waals surface area contributed by atoms with E-state index in [1.807, 2.05) is 13.0 Å². The molecule has 0 aliphatic carbocycles. The Bertz CT molecular complexity index is 1190. The van der Waals surface area contributed by atoms with Crippen LogP contribution in [0.5, 0.6) is 11.5 Å². The average molecular weight is 444 g/mol. The van der Waals surface area contributed by atoms with Gasteiger partial charge < -0.3 is 20.1 Å². The third-order valence-electron chi connectivity index (χ3n) is 5.50. The van der Waals surface area contributed by atoms with Gasteiger partial charge in [-0.25, -0.2) is 4.68 Å². The number of nitrogens with zero attached hydrogens (tertiary/aromatic N) is 2. The number of anilines is 2. The van der Waals surface area contributed by atoms with Crippen LogP contribution in [0.3, 0.4) is 0 Å². The number of carbonyl (C=O) groups excluding carboxylic acids is 1. The molecule has 2 N–H and O–H groups in total. The van der Waals surface area contributed by atoms with E-state index in [-0.39, 0.29) is 24.7 Å². The second-order valence-corrected chi connectivity index (χ2v) is 7.79. The van der Waals surface area contributed by atoms with Crippen LogP contribution in [0.25, 0.3) is 0 Å². The maximum absolute atomic E-state index is 13.9. The minimum atomic E-state index is -4.54. The average Bonchev–Trinajstić information content (AvgIpc) is 3.38. The lowest BCUT2D eigenvalue weighted by Gasteiger charge is -2.33. The van der Waals surface area contributed by atoms with Gasteiger partial charge in [0.1, 0.15) is 5.82 Å². The number of rotatable bonds is 3. The Hall–Kier alpha value is -3.69. The summed E-state index contributed by atoms with van der Waals surface area (Å²) < 4.78 is 53.2. The molecule has 2 aliphatic rings. The third-order valence-corrected chi connectivity index (χ3v) is 5.50. The van der Waals surface area contributed by atoms with Crippen molar-refractivity contribution in [3.63, 3.8) is 0 Å². The van der Waals surface area contributed by atoms with Crippen molar-refractivity contribution in [3.05, 3.63) is 65.4 Å². The Balaban J connectivity index is 1.45. The van der Waals surface area contributed by atoms with E-state index in [9.17, 15) is 18.0 Å². The number of hydrogen-bond donors (Lipinski definition) is 2. The fourth-order valence-electron chi connectivity index (χ4n) is 3.95. The molecule has 1 aromatic heterocycles. The van der Waals surface area contributed by atoms with Gasteiger partial charge in [0.25, 0.3) is 5.91 Å². The number of nitrogens with one attached hydrogen (secondary N) is 2. The number of halogens is 3. The van der Waals surface area contributed by atoms with Crippen molar-refractivity contribution < 1.29 is 27.4 Å². The second kappa shape index (κ2) is 7.47. The topological polar surface area (TPSA) is 77.4 Å². The maximum atomic E-state index is 13.9. The molecule has 0 spiro atoms. The molecular formula is C22H19F3N4O3. The van der Waals surface area contributed by atoms with Gasteiger partial charge in [0.2, 0.25) is 6.79 Å². The summed E-state index contributed by atoms with van der Waals surface area (Å²) >= 11 is 0. The quantitative estimate of drug-likeness (QED) is 0.605. The number of aromatic nitrogens is 2. The Labute approximate surface area is 181 Å². The lowest BCUT2D eigenvalue weighted by atomic mass is 9.96. The molecule has 0 radical (unpaired) electrons. The van der Waals surface area contributed by atoms with E-state index in [1.54, 1.807) is 36.4 Å². The van der Waals surface area contributed by atoms with Crippen LogP contribution in [0.1, 0.15) is 40.1 Å². The fourth-order valence-corrected chi connectivity index (χ4v) is 3.95. The number of hydrogen-bond acceptors (Lipinski definition) is 5. The zero-order valence-electron chi connectivity index (χ0n) is 16.9. The summed E-state index contributed by atoms with van der Waals surface area (Å²) in [5, 5.41) is 9.74. The predicted octanol–water partition coefficient (Wildman–Crippen LogP) is 4.83. The van der Waals surface area contributed by atoms with Gasteiger partial charge in [-0.15, -0.1) is 0 Å². The highest BCUT2D eigenvalue weighted by Crippen LogP contribution is 2.45. The molecule has 0 unspecified atom stereocenters. The molecule has 10 heteroatoms. The molecule has 32 heavy (non-hydrogen) atoms. The number of alkyl halides is 3. The van der Waals surface area contributed by atoms with E-state index in [1.165, 1.54) is 6.07 Å². The highest BCUT2D eigenvalue weighted by atomic mass is 19.4. The zero-order valence-corrected chi connectivity index (χ0v) is 16.9. The molecule has 2 aromatic carbocycles. The number of benzene rings is 2. The minimum absolute atomic E-state index is 0.0776. The first-order valence-electron chi connectivity index (χ1n) is 9.98. The van der Waals surface area contributed by atoms with Gasteiger partial charge in [0, 0.05) is 18.2 Å². The van der Waals surface area contributed by atoms with Crippen molar-refractivity contribution in [3.8, 4) is 11.5 Å². The first-order chi connectivity index (χ1) is 15.3. The van der Waals surface area contributed by atoms with Crippen LogP contribution in [-0.2, 0) is 0 Å². The summed E-state index contributed by atoms with van der Waals surface area (Å²) in [5.41, 5.74) is 2.01. The maximum Gasteiger partial charge on any atom is 0.410 e. The van der Waals surface area contributed by atoms with E-state index in [2.05, 4.69) is 15.7 Å². The largest absolute Gasteiger partial charge is 0.454 e. The second-order valence-electron chi connectivity index (χ2n) is 7.79. The van der Waals surface area contributed by atoms with Gasteiger partial charge >= 0.3 is 6.18 Å². The Morgan fingerprint density at radius 2 is 1.97 bits per heavy atom. The summed E-state index contributed by atoms with van der Waals surface area (Å²) in [6, 6.07) is 11.0. The van der Waals surface area contributed by atoms with Crippen LogP contribution in [0.4, 0.5) is 24.7 Å². The molecule has 5 rings (SSSR count). The van der Waals surface area contributed by atoms with Crippen molar-refractivity contribution in [2.24, 2.45) is 0 Å². The fraction of sp³-hybridized carbons (Fsp3) is 0.273. The number of fused-ring (bicyclic) bond motifs is 2. The number of carbonyl (C=O) groups is 1. The molecule has 2 atom stereocenters. The van der Waals surface area contributed by atoms with Crippen LogP contribution < -0.4 is 20.1 Å². The molecule has 7 nitrogen and oxygen atoms in total. The summed E-state index contributed by atoms with van der Waals surface area (Å²) in [4.78, 5) is 12.7. The van der Waals surface area contributed by atoms with Crippen LogP contribution in [-0.4, -0.2) is 28.7 Å². The van der Waals surface area contributed by atoms with Crippen molar-refractivity contribution in [2.45, 2.75) is 31.6 Å². The van der Waals surface area contributed by atoms with Gasteiger partial charge in [0.05, 0.1) is 6.04 Å². The number of aryl methyl sites for hydroxylation is 1. The summed E-state index contributed by atoms with van der Waals surface area (Å²) in [7, 11) is 0. The van der Waals surface area contributed by atoms with E-state index < -0.39 is 24.2 Å². The first kappa shape index (κ1) is 20.2. The van der Waals surface area contributed by atoms with E-state index in [0.29, 0.717) is 22.7 Å². The lowest BCUT2D eigenvalue weighted by Crippen LogP contribution is -2.35.